The summed E-state index contributed by atoms with van der Waals surface area (Å²) in [5.41, 5.74) is 3.50. The van der Waals surface area contributed by atoms with E-state index >= 15 is 0 Å². The van der Waals surface area contributed by atoms with Crippen LogP contribution in [0.2, 0.25) is 0 Å². The van der Waals surface area contributed by atoms with Crippen molar-refractivity contribution < 1.29 is 14.3 Å². The van der Waals surface area contributed by atoms with Gasteiger partial charge in [-0.05, 0) is 16.7 Å². The summed E-state index contributed by atoms with van der Waals surface area (Å²) in [5.74, 6) is 0.427. The summed E-state index contributed by atoms with van der Waals surface area (Å²) in [4.78, 5) is 38.0. The molecule has 180 valence electrons. The molecule has 2 heterocycles. The minimum Gasteiger partial charge on any atom is -0.471 e. The van der Waals surface area contributed by atoms with Gasteiger partial charge in [-0.2, -0.15) is 9.97 Å². The van der Waals surface area contributed by atoms with Crippen molar-refractivity contribution in [2.45, 2.75) is 40.2 Å². The van der Waals surface area contributed by atoms with Crippen LogP contribution >= 0.6 is 0 Å². The first-order valence-corrected chi connectivity index (χ1v) is 11.5. The Morgan fingerprint density at radius 2 is 1.57 bits per heavy atom. The highest BCUT2D eigenvalue weighted by molar-refractivity contribution is 5.91. The fraction of sp³-hybridized carbons (Fsp3) is 0.296. The smallest absolute Gasteiger partial charge is 0.247 e. The van der Waals surface area contributed by atoms with Crippen LogP contribution < -0.4 is 10.1 Å². The van der Waals surface area contributed by atoms with Crippen molar-refractivity contribution in [1.82, 2.24) is 19.5 Å². The van der Waals surface area contributed by atoms with E-state index in [1.54, 1.807) is 10.9 Å². The number of nitrogens with one attached hydrogen (secondary N) is 1. The largest absolute Gasteiger partial charge is 0.471 e. The molecule has 2 aromatic carbocycles. The molecule has 2 aromatic heterocycles. The normalized spacial score (nSPS) is 11.4. The molecule has 0 spiro atoms. The van der Waals surface area contributed by atoms with Gasteiger partial charge in [-0.1, -0.05) is 75.4 Å². The van der Waals surface area contributed by atoms with Crippen molar-refractivity contribution >= 4 is 28.8 Å². The van der Waals surface area contributed by atoms with E-state index < -0.39 is 0 Å². The quantitative estimate of drug-likeness (QED) is 0.412. The number of anilines is 1. The number of hydrogen-bond acceptors (Lipinski definition) is 6. The third kappa shape index (κ3) is 6.09. The zero-order valence-electron chi connectivity index (χ0n) is 20.4. The molecule has 0 aliphatic rings. The molecule has 0 radical (unpaired) electrons. The summed E-state index contributed by atoms with van der Waals surface area (Å²) in [5, 5.41) is 2.76. The maximum atomic E-state index is 12.5. The summed E-state index contributed by atoms with van der Waals surface area (Å²) in [6.45, 7) is 6.04. The lowest BCUT2D eigenvalue weighted by Crippen LogP contribution is -2.22. The average molecular weight is 472 g/mol. The molecule has 8 heteroatoms. The molecule has 1 N–H and O–H groups in total. The molecular formula is C27H29N5O3. The highest BCUT2D eigenvalue weighted by atomic mass is 16.5. The van der Waals surface area contributed by atoms with Crippen LogP contribution in [0.5, 0.6) is 5.88 Å². The number of Topliss-reactive ketones (excluding diaryl/α,β-unsaturated/α-hetero) is 1. The van der Waals surface area contributed by atoms with Gasteiger partial charge >= 0.3 is 0 Å². The molecule has 4 rings (SSSR count). The second-order valence-corrected chi connectivity index (χ2v) is 9.55. The van der Waals surface area contributed by atoms with Crippen LogP contribution in [0, 0.1) is 5.41 Å². The molecule has 0 atom stereocenters. The minimum atomic E-state index is -0.364. The van der Waals surface area contributed by atoms with Gasteiger partial charge in [0.15, 0.2) is 11.2 Å². The van der Waals surface area contributed by atoms with E-state index in [0.717, 1.165) is 16.7 Å². The third-order valence-electron chi connectivity index (χ3n) is 5.59. The van der Waals surface area contributed by atoms with E-state index in [2.05, 4.69) is 20.3 Å². The molecule has 0 aliphatic heterocycles. The van der Waals surface area contributed by atoms with Crippen LogP contribution in [0.25, 0.3) is 11.2 Å². The van der Waals surface area contributed by atoms with Crippen molar-refractivity contribution in [3.63, 3.8) is 0 Å². The lowest BCUT2D eigenvalue weighted by atomic mass is 9.87. The van der Waals surface area contributed by atoms with Gasteiger partial charge in [0.2, 0.25) is 17.7 Å². The number of nitrogens with zero attached hydrogens (tertiary/aromatic N) is 4. The zero-order chi connectivity index (χ0) is 25.0. The second-order valence-electron chi connectivity index (χ2n) is 9.55. The minimum absolute atomic E-state index is 0.160. The summed E-state index contributed by atoms with van der Waals surface area (Å²) in [6.07, 6.45) is 2.24. The Balaban J connectivity index is 1.47. The number of ether oxygens (including phenoxy) is 1. The van der Waals surface area contributed by atoms with Gasteiger partial charge in [0.1, 0.15) is 12.4 Å². The van der Waals surface area contributed by atoms with Crippen LogP contribution in [-0.4, -0.2) is 31.2 Å². The first-order valence-electron chi connectivity index (χ1n) is 11.5. The van der Waals surface area contributed by atoms with E-state index in [1.807, 2.05) is 82.4 Å². The second kappa shape index (κ2) is 10.0. The van der Waals surface area contributed by atoms with Gasteiger partial charge in [-0.25, -0.2) is 4.98 Å². The highest BCUT2D eigenvalue weighted by Crippen LogP contribution is 2.24. The number of imidazole rings is 1. The number of aromatic nitrogens is 4. The first-order chi connectivity index (χ1) is 16.7. The number of amides is 1. The van der Waals surface area contributed by atoms with Crippen LogP contribution in [0.15, 0.2) is 60.9 Å². The summed E-state index contributed by atoms with van der Waals surface area (Å²) in [6, 6.07) is 17.2. The number of benzene rings is 2. The Labute approximate surface area is 204 Å². The van der Waals surface area contributed by atoms with Crippen molar-refractivity contribution in [3.05, 3.63) is 77.6 Å². The van der Waals surface area contributed by atoms with E-state index in [-0.39, 0.29) is 42.0 Å². The molecular weight excluding hydrogens is 442 g/mol. The predicted octanol–water partition coefficient (Wildman–Crippen LogP) is 4.28. The molecule has 1 amide bonds. The number of hydrogen-bond donors (Lipinski definition) is 1. The SMILES string of the molecule is Cn1cnc2c(OCc3ccc(CC(=O)C(C)(C)C)cc3)nc(NC(=O)Cc3ccccc3)nc21. The first kappa shape index (κ1) is 24.1. The molecule has 0 fully saturated rings. The van der Waals surface area contributed by atoms with Gasteiger partial charge < -0.3 is 9.30 Å². The van der Waals surface area contributed by atoms with Crippen molar-refractivity contribution in [2.24, 2.45) is 12.5 Å². The topological polar surface area (TPSA) is 99.0 Å². The van der Waals surface area contributed by atoms with Crippen LogP contribution in [0.1, 0.15) is 37.5 Å². The third-order valence-corrected chi connectivity index (χ3v) is 5.59. The number of aryl methyl sites for hydroxylation is 1. The van der Waals surface area contributed by atoms with E-state index in [0.29, 0.717) is 17.6 Å². The Hall–Kier alpha value is -4.07. The molecule has 0 unspecified atom stereocenters. The maximum Gasteiger partial charge on any atom is 0.247 e. The van der Waals surface area contributed by atoms with Crippen molar-refractivity contribution in [3.8, 4) is 5.88 Å². The standard InChI is InChI=1S/C27H29N5O3/c1-27(2,3)21(33)14-19-10-12-20(13-11-19)16-35-25-23-24(32(4)17-28-23)30-26(31-25)29-22(34)15-18-8-6-5-7-9-18/h5-13,17H,14-16H2,1-4H3,(H,29,30,31,34). The zero-order valence-corrected chi connectivity index (χ0v) is 20.4. The number of rotatable bonds is 8. The molecule has 0 aliphatic carbocycles. The number of fused-ring (bicyclic) bond motifs is 1. The number of carbonyl (C=O) groups excluding carboxylic acids is 2. The summed E-state index contributed by atoms with van der Waals surface area (Å²) >= 11 is 0. The molecule has 4 aromatic rings. The van der Waals surface area contributed by atoms with E-state index in [4.69, 9.17) is 4.74 Å². The van der Waals surface area contributed by atoms with Crippen molar-refractivity contribution in [1.29, 1.82) is 0 Å². The molecule has 35 heavy (non-hydrogen) atoms. The van der Waals surface area contributed by atoms with E-state index in [9.17, 15) is 9.59 Å². The monoisotopic (exact) mass is 471 g/mol. The molecule has 0 saturated carbocycles. The van der Waals surface area contributed by atoms with Gasteiger partial charge in [0.25, 0.3) is 0 Å². The fourth-order valence-electron chi connectivity index (χ4n) is 3.44. The maximum absolute atomic E-state index is 12.5. The molecule has 8 nitrogen and oxygen atoms in total. The lowest BCUT2D eigenvalue weighted by molar-refractivity contribution is -0.125. The Bertz CT molecular complexity index is 1340. The number of ketones is 1. The van der Waals surface area contributed by atoms with Crippen LogP contribution in [0.4, 0.5) is 5.95 Å². The van der Waals surface area contributed by atoms with Crippen LogP contribution in [0.3, 0.4) is 0 Å². The Kier molecular flexibility index (Phi) is 6.91. The number of carbonyl (C=O) groups is 2. The Morgan fingerprint density at radius 3 is 2.26 bits per heavy atom. The summed E-state index contributed by atoms with van der Waals surface area (Å²) < 4.78 is 7.74. The molecule has 0 saturated heterocycles. The van der Waals surface area contributed by atoms with E-state index in [1.165, 1.54) is 0 Å². The lowest BCUT2D eigenvalue weighted by Gasteiger charge is -2.16. The fourth-order valence-corrected chi connectivity index (χ4v) is 3.44. The van der Waals surface area contributed by atoms with Crippen LogP contribution in [-0.2, 0) is 36.1 Å². The van der Waals surface area contributed by atoms with Crippen molar-refractivity contribution in [2.75, 3.05) is 5.32 Å². The predicted molar refractivity (Wildman–Crippen MR) is 134 cm³/mol. The van der Waals surface area contributed by atoms with Gasteiger partial charge in [0.05, 0.1) is 12.7 Å². The molecule has 0 bridgehead atoms. The summed E-state index contributed by atoms with van der Waals surface area (Å²) in [7, 11) is 1.82. The van der Waals surface area contributed by atoms with Gasteiger partial charge in [-0.15, -0.1) is 0 Å². The van der Waals surface area contributed by atoms with Gasteiger partial charge in [-0.3, -0.25) is 14.9 Å². The Morgan fingerprint density at radius 1 is 0.914 bits per heavy atom. The average Bonchev–Trinajstić information content (AvgIpc) is 3.19. The highest BCUT2D eigenvalue weighted by Gasteiger charge is 2.21. The van der Waals surface area contributed by atoms with Gasteiger partial charge in [0, 0.05) is 18.9 Å².